The van der Waals surface area contributed by atoms with Crippen LogP contribution in [-0.2, 0) is 0 Å². The Morgan fingerprint density at radius 1 is 1.19 bits per heavy atom. The Balaban J connectivity index is 0.00000220. The number of piperazine rings is 1. The van der Waals surface area contributed by atoms with Crippen LogP contribution in [0.3, 0.4) is 0 Å². The molecule has 1 atom stereocenters. The number of halogens is 6. The highest BCUT2D eigenvalue weighted by molar-refractivity contribution is 9.10. The van der Waals surface area contributed by atoms with E-state index in [4.69, 9.17) is 0 Å². The lowest BCUT2D eigenvalue weighted by Crippen LogP contribution is -2.46. The maximum Gasteiger partial charge on any atom is 0.390 e. The fourth-order valence-corrected chi connectivity index (χ4v) is 2.92. The van der Waals surface area contributed by atoms with Crippen LogP contribution in [0.25, 0.3) is 0 Å². The van der Waals surface area contributed by atoms with E-state index in [1.54, 1.807) is 11.0 Å². The van der Waals surface area contributed by atoms with Crippen molar-refractivity contribution in [2.45, 2.75) is 18.6 Å². The lowest BCUT2D eigenvalue weighted by Gasteiger charge is -2.35. The molecule has 21 heavy (non-hydrogen) atoms. The Labute approximate surface area is 135 Å². The molecule has 2 rings (SSSR count). The SMILES string of the molecule is Cl.Fc1cc(Br)cc([C@H](CC(F)(F)F)N2CCNCC2)c1. The molecule has 8 heteroatoms. The van der Waals surface area contributed by atoms with Gasteiger partial charge in [-0.1, -0.05) is 15.9 Å². The number of hydrogen-bond donors (Lipinski definition) is 1. The van der Waals surface area contributed by atoms with Crippen LogP contribution in [-0.4, -0.2) is 37.3 Å². The Bertz CT molecular complexity index is 444. The van der Waals surface area contributed by atoms with Crippen LogP contribution in [0.15, 0.2) is 22.7 Å². The van der Waals surface area contributed by atoms with Crippen LogP contribution in [0.4, 0.5) is 17.6 Å². The Hall–Kier alpha value is -0.370. The fraction of sp³-hybridized carbons (Fsp3) is 0.538. The topological polar surface area (TPSA) is 15.3 Å². The highest BCUT2D eigenvalue weighted by Crippen LogP contribution is 2.35. The molecule has 1 aliphatic rings. The van der Waals surface area contributed by atoms with Gasteiger partial charge in [-0.25, -0.2) is 4.39 Å². The summed E-state index contributed by atoms with van der Waals surface area (Å²) in [5.74, 6) is -0.531. The minimum Gasteiger partial charge on any atom is -0.314 e. The summed E-state index contributed by atoms with van der Waals surface area (Å²) >= 11 is 3.13. The van der Waals surface area contributed by atoms with Crippen LogP contribution in [0.2, 0.25) is 0 Å². The van der Waals surface area contributed by atoms with Gasteiger partial charge < -0.3 is 5.32 Å². The van der Waals surface area contributed by atoms with Crippen LogP contribution in [0.1, 0.15) is 18.0 Å². The van der Waals surface area contributed by atoms with E-state index in [0.717, 1.165) is 0 Å². The van der Waals surface area contributed by atoms with Gasteiger partial charge in [-0.05, 0) is 23.8 Å². The normalized spacial score (nSPS) is 18.1. The van der Waals surface area contributed by atoms with Crippen LogP contribution >= 0.6 is 28.3 Å². The maximum atomic E-state index is 13.4. The summed E-state index contributed by atoms with van der Waals surface area (Å²) in [6, 6.07) is 3.14. The molecule has 0 spiro atoms. The first-order valence-electron chi connectivity index (χ1n) is 6.33. The second-order valence-corrected chi connectivity index (χ2v) is 5.74. The smallest absolute Gasteiger partial charge is 0.314 e. The number of alkyl halides is 3. The molecule has 0 aliphatic carbocycles. The molecule has 1 aromatic carbocycles. The molecule has 1 fully saturated rings. The third-order valence-corrected chi connectivity index (χ3v) is 3.74. The summed E-state index contributed by atoms with van der Waals surface area (Å²) in [5.41, 5.74) is 0.358. The molecule has 120 valence electrons. The molecule has 0 saturated carbocycles. The third-order valence-electron chi connectivity index (χ3n) is 3.29. The van der Waals surface area contributed by atoms with E-state index in [2.05, 4.69) is 21.2 Å². The lowest BCUT2D eigenvalue weighted by molar-refractivity contribution is -0.148. The summed E-state index contributed by atoms with van der Waals surface area (Å²) in [6.07, 6.45) is -5.25. The van der Waals surface area contributed by atoms with Crippen molar-refractivity contribution in [1.29, 1.82) is 0 Å². The predicted octanol–water partition coefficient (Wildman–Crippen LogP) is 3.91. The molecule has 0 unspecified atom stereocenters. The van der Waals surface area contributed by atoms with Gasteiger partial charge >= 0.3 is 6.18 Å². The van der Waals surface area contributed by atoms with Gasteiger partial charge in [0.25, 0.3) is 0 Å². The third kappa shape index (κ3) is 5.73. The Morgan fingerprint density at radius 2 is 1.81 bits per heavy atom. The van der Waals surface area contributed by atoms with Gasteiger partial charge in [0.05, 0.1) is 6.42 Å². The second-order valence-electron chi connectivity index (χ2n) is 4.82. The first kappa shape index (κ1) is 18.7. The molecule has 0 radical (unpaired) electrons. The Morgan fingerprint density at radius 3 is 2.33 bits per heavy atom. The van der Waals surface area contributed by atoms with Crippen molar-refractivity contribution in [3.05, 3.63) is 34.1 Å². The highest BCUT2D eigenvalue weighted by atomic mass is 79.9. The first-order valence-corrected chi connectivity index (χ1v) is 7.12. The number of nitrogens with zero attached hydrogens (tertiary/aromatic N) is 1. The first-order chi connectivity index (χ1) is 9.35. The van der Waals surface area contributed by atoms with E-state index in [1.807, 2.05) is 0 Å². The minimum atomic E-state index is -4.28. The van der Waals surface area contributed by atoms with Gasteiger partial charge in [-0.2, -0.15) is 13.2 Å². The molecule has 1 saturated heterocycles. The van der Waals surface area contributed by atoms with Crippen molar-refractivity contribution < 1.29 is 17.6 Å². The van der Waals surface area contributed by atoms with Crippen LogP contribution in [0.5, 0.6) is 0 Å². The van der Waals surface area contributed by atoms with Gasteiger partial charge in [-0.3, -0.25) is 4.90 Å². The summed E-state index contributed by atoms with van der Waals surface area (Å²) in [7, 11) is 0. The van der Waals surface area contributed by atoms with E-state index in [1.165, 1.54) is 12.1 Å². The van der Waals surface area contributed by atoms with E-state index in [9.17, 15) is 17.6 Å². The van der Waals surface area contributed by atoms with E-state index >= 15 is 0 Å². The van der Waals surface area contributed by atoms with Gasteiger partial charge in [0.15, 0.2) is 0 Å². The zero-order valence-corrected chi connectivity index (χ0v) is 13.5. The number of nitrogens with one attached hydrogen (secondary N) is 1. The zero-order valence-electron chi connectivity index (χ0n) is 11.1. The van der Waals surface area contributed by atoms with E-state index in [0.29, 0.717) is 36.2 Å². The van der Waals surface area contributed by atoms with Gasteiger partial charge in [-0.15, -0.1) is 12.4 Å². The Kier molecular flexibility index (Phi) is 6.90. The van der Waals surface area contributed by atoms with E-state index in [-0.39, 0.29) is 12.4 Å². The lowest BCUT2D eigenvalue weighted by atomic mass is 10.0. The molecular formula is C13H16BrClF4N2. The molecule has 0 aromatic heterocycles. The number of benzene rings is 1. The second kappa shape index (κ2) is 7.76. The average Bonchev–Trinajstić information content (AvgIpc) is 2.35. The van der Waals surface area contributed by atoms with Crippen molar-refractivity contribution in [3.8, 4) is 0 Å². The molecule has 2 nitrogen and oxygen atoms in total. The molecule has 0 amide bonds. The van der Waals surface area contributed by atoms with Crippen LogP contribution < -0.4 is 5.32 Å². The summed E-state index contributed by atoms with van der Waals surface area (Å²) in [5, 5.41) is 3.10. The number of hydrogen-bond acceptors (Lipinski definition) is 2. The van der Waals surface area contributed by atoms with Crippen molar-refractivity contribution in [3.63, 3.8) is 0 Å². The molecule has 1 aromatic rings. The summed E-state index contributed by atoms with van der Waals surface area (Å²) < 4.78 is 52.3. The molecule has 0 bridgehead atoms. The average molecular weight is 392 g/mol. The molecule has 1 N–H and O–H groups in total. The van der Waals surface area contributed by atoms with Crippen molar-refractivity contribution in [2.75, 3.05) is 26.2 Å². The summed E-state index contributed by atoms with van der Waals surface area (Å²) in [6.45, 7) is 2.33. The largest absolute Gasteiger partial charge is 0.390 e. The highest BCUT2D eigenvalue weighted by Gasteiger charge is 2.36. The fourth-order valence-electron chi connectivity index (χ4n) is 2.44. The standard InChI is InChI=1S/C13H15BrF4N2.ClH/c14-10-5-9(6-11(15)7-10)12(8-13(16,17)18)20-3-1-19-2-4-20;/h5-7,12,19H,1-4,8H2;1H/t12-;/m0./s1. The quantitative estimate of drug-likeness (QED) is 0.786. The van der Waals surface area contributed by atoms with Crippen molar-refractivity contribution in [1.82, 2.24) is 10.2 Å². The number of rotatable bonds is 3. The summed E-state index contributed by atoms with van der Waals surface area (Å²) in [4.78, 5) is 1.76. The molecule has 1 aliphatic heterocycles. The van der Waals surface area contributed by atoms with Gasteiger partial charge in [0.1, 0.15) is 5.82 Å². The predicted molar refractivity (Wildman–Crippen MR) is 79.2 cm³/mol. The van der Waals surface area contributed by atoms with E-state index < -0.39 is 24.5 Å². The maximum absolute atomic E-state index is 13.4. The van der Waals surface area contributed by atoms with Gasteiger partial charge in [0.2, 0.25) is 0 Å². The molecule has 1 heterocycles. The van der Waals surface area contributed by atoms with Crippen molar-refractivity contribution in [2.24, 2.45) is 0 Å². The van der Waals surface area contributed by atoms with Crippen molar-refractivity contribution >= 4 is 28.3 Å². The van der Waals surface area contributed by atoms with Crippen LogP contribution in [0, 0.1) is 5.82 Å². The van der Waals surface area contributed by atoms with Gasteiger partial charge in [0, 0.05) is 36.7 Å². The monoisotopic (exact) mass is 390 g/mol. The minimum absolute atomic E-state index is 0. The zero-order chi connectivity index (χ0) is 14.8. The molecular weight excluding hydrogens is 376 g/mol.